The fraction of sp³-hybridized carbons (Fsp3) is 0.467. The van der Waals surface area contributed by atoms with Gasteiger partial charge in [-0.15, -0.1) is 0 Å². The highest BCUT2D eigenvalue weighted by Gasteiger charge is 2.18. The zero-order chi connectivity index (χ0) is 13.9. The van der Waals surface area contributed by atoms with Gasteiger partial charge in [-0.25, -0.2) is 4.98 Å². The van der Waals surface area contributed by atoms with E-state index in [1.807, 2.05) is 28.8 Å². The maximum absolute atomic E-state index is 12.7. The smallest absolute Gasteiger partial charge is 0.262 e. The molecule has 0 radical (unpaired) electrons. The first-order chi connectivity index (χ1) is 9.81. The van der Waals surface area contributed by atoms with Crippen LogP contribution in [0.5, 0.6) is 0 Å². The van der Waals surface area contributed by atoms with Crippen molar-refractivity contribution in [3.63, 3.8) is 0 Å². The second-order valence-electron chi connectivity index (χ2n) is 5.12. The number of nitrogens with one attached hydrogen (secondary N) is 1. The SMILES string of the molecule is CCCn1c(N2CCNCC2)nc2ccccc2c1=O. The molecule has 0 unspecified atom stereocenters. The predicted octanol–water partition coefficient (Wildman–Crippen LogP) is 1.22. The van der Waals surface area contributed by atoms with Crippen LogP contribution in [0.1, 0.15) is 13.3 Å². The minimum absolute atomic E-state index is 0.0750. The molecular formula is C15H20N4O. The quantitative estimate of drug-likeness (QED) is 0.912. The fourth-order valence-corrected chi connectivity index (χ4v) is 2.69. The Labute approximate surface area is 118 Å². The molecule has 0 atom stereocenters. The van der Waals surface area contributed by atoms with E-state index in [-0.39, 0.29) is 5.56 Å². The van der Waals surface area contributed by atoms with Gasteiger partial charge in [0, 0.05) is 32.7 Å². The lowest BCUT2D eigenvalue weighted by Crippen LogP contribution is -2.46. The van der Waals surface area contributed by atoms with Gasteiger partial charge >= 0.3 is 0 Å². The lowest BCUT2D eigenvalue weighted by molar-refractivity contribution is 0.552. The normalized spacial score (nSPS) is 15.8. The second kappa shape index (κ2) is 5.63. The number of fused-ring (bicyclic) bond motifs is 1. The van der Waals surface area contributed by atoms with Crippen LogP contribution in [0.15, 0.2) is 29.1 Å². The van der Waals surface area contributed by atoms with Crippen molar-refractivity contribution < 1.29 is 0 Å². The van der Waals surface area contributed by atoms with Crippen molar-refractivity contribution >= 4 is 16.9 Å². The third kappa shape index (κ3) is 2.29. The van der Waals surface area contributed by atoms with Crippen molar-refractivity contribution in [1.29, 1.82) is 0 Å². The second-order valence-corrected chi connectivity index (χ2v) is 5.12. The maximum Gasteiger partial charge on any atom is 0.262 e. The van der Waals surface area contributed by atoms with Crippen LogP contribution < -0.4 is 15.8 Å². The molecule has 1 aromatic carbocycles. The van der Waals surface area contributed by atoms with Crippen LogP contribution in [0.3, 0.4) is 0 Å². The van der Waals surface area contributed by atoms with Crippen molar-refractivity contribution in [1.82, 2.24) is 14.9 Å². The van der Waals surface area contributed by atoms with Crippen LogP contribution in [0.2, 0.25) is 0 Å². The lowest BCUT2D eigenvalue weighted by Gasteiger charge is -2.30. The summed E-state index contributed by atoms with van der Waals surface area (Å²) >= 11 is 0. The summed E-state index contributed by atoms with van der Waals surface area (Å²) in [5.74, 6) is 0.817. The first kappa shape index (κ1) is 13.1. The Morgan fingerprint density at radius 3 is 2.75 bits per heavy atom. The molecule has 106 valence electrons. The first-order valence-corrected chi connectivity index (χ1v) is 7.26. The largest absolute Gasteiger partial charge is 0.340 e. The summed E-state index contributed by atoms with van der Waals surface area (Å²) in [6, 6.07) is 7.60. The highest BCUT2D eigenvalue weighted by molar-refractivity contribution is 5.78. The Balaban J connectivity index is 2.17. The molecule has 1 saturated heterocycles. The number of piperazine rings is 1. The molecule has 5 nitrogen and oxygen atoms in total. The maximum atomic E-state index is 12.7. The molecular weight excluding hydrogens is 252 g/mol. The number of rotatable bonds is 3. The molecule has 0 bridgehead atoms. The van der Waals surface area contributed by atoms with E-state index in [4.69, 9.17) is 4.98 Å². The number of benzene rings is 1. The summed E-state index contributed by atoms with van der Waals surface area (Å²) in [5.41, 5.74) is 0.865. The van der Waals surface area contributed by atoms with Crippen LogP contribution in [-0.4, -0.2) is 35.7 Å². The van der Waals surface area contributed by atoms with Crippen molar-refractivity contribution in [3.8, 4) is 0 Å². The molecule has 2 heterocycles. The molecule has 0 spiro atoms. The number of aromatic nitrogens is 2. The average Bonchev–Trinajstić information content (AvgIpc) is 2.51. The van der Waals surface area contributed by atoms with Crippen molar-refractivity contribution in [2.24, 2.45) is 0 Å². The predicted molar refractivity (Wildman–Crippen MR) is 81.4 cm³/mol. The fourth-order valence-electron chi connectivity index (χ4n) is 2.69. The first-order valence-electron chi connectivity index (χ1n) is 7.26. The number of anilines is 1. The van der Waals surface area contributed by atoms with Crippen LogP contribution in [0.4, 0.5) is 5.95 Å². The Morgan fingerprint density at radius 1 is 1.25 bits per heavy atom. The van der Waals surface area contributed by atoms with Gasteiger partial charge in [-0.1, -0.05) is 19.1 Å². The highest BCUT2D eigenvalue weighted by Crippen LogP contribution is 2.15. The van der Waals surface area contributed by atoms with Gasteiger partial charge in [-0.05, 0) is 18.6 Å². The van der Waals surface area contributed by atoms with Gasteiger partial charge in [-0.2, -0.15) is 0 Å². The molecule has 5 heteroatoms. The summed E-state index contributed by atoms with van der Waals surface area (Å²) in [6.07, 6.45) is 0.930. The number of nitrogens with zero attached hydrogens (tertiary/aromatic N) is 3. The molecule has 1 fully saturated rings. The van der Waals surface area contributed by atoms with E-state index in [0.717, 1.165) is 50.6 Å². The van der Waals surface area contributed by atoms with Gasteiger partial charge in [0.25, 0.3) is 5.56 Å². The molecule has 1 aromatic heterocycles. The monoisotopic (exact) mass is 272 g/mol. The number of hydrogen-bond donors (Lipinski definition) is 1. The van der Waals surface area contributed by atoms with Gasteiger partial charge in [0.05, 0.1) is 10.9 Å². The van der Waals surface area contributed by atoms with E-state index in [1.54, 1.807) is 0 Å². The summed E-state index contributed by atoms with van der Waals surface area (Å²) in [4.78, 5) is 19.6. The van der Waals surface area contributed by atoms with Crippen LogP contribution in [0.25, 0.3) is 10.9 Å². The molecule has 1 N–H and O–H groups in total. The van der Waals surface area contributed by atoms with E-state index < -0.39 is 0 Å². The summed E-state index contributed by atoms with van der Waals surface area (Å²) in [7, 11) is 0. The molecule has 3 rings (SSSR count). The molecule has 0 amide bonds. The highest BCUT2D eigenvalue weighted by atomic mass is 16.1. The minimum Gasteiger partial charge on any atom is -0.340 e. The molecule has 0 saturated carbocycles. The van der Waals surface area contributed by atoms with Crippen molar-refractivity contribution in [2.45, 2.75) is 19.9 Å². The lowest BCUT2D eigenvalue weighted by atomic mass is 10.2. The van der Waals surface area contributed by atoms with E-state index in [1.165, 1.54) is 0 Å². The summed E-state index contributed by atoms with van der Waals surface area (Å²) < 4.78 is 1.83. The van der Waals surface area contributed by atoms with E-state index in [9.17, 15) is 4.79 Å². The van der Waals surface area contributed by atoms with E-state index in [2.05, 4.69) is 17.1 Å². The molecule has 0 aliphatic carbocycles. The zero-order valence-corrected chi connectivity index (χ0v) is 11.8. The number of hydrogen-bond acceptors (Lipinski definition) is 4. The van der Waals surface area contributed by atoms with Crippen LogP contribution in [0, 0.1) is 0 Å². The zero-order valence-electron chi connectivity index (χ0n) is 11.8. The van der Waals surface area contributed by atoms with E-state index in [0.29, 0.717) is 5.39 Å². The molecule has 2 aromatic rings. The third-order valence-corrected chi connectivity index (χ3v) is 3.69. The topological polar surface area (TPSA) is 50.2 Å². The van der Waals surface area contributed by atoms with E-state index >= 15 is 0 Å². The van der Waals surface area contributed by atoms with Gasteiger partial charge in [0.1, 0.15) is 0 Å². The summed E-state index contributed by atoms with van der Waals surface area (Å²) in [6.45, 7) is 6.48. The Hall–Kier alpha value is -1.88. The Kier molecular flexibility index (Phi) is 3.69. The molecule has 1 aliphatic rings. The summed E-state index contributed by atoms with van der Waals surface area (Å²) in [5, 5.41) is 4.04. The standard InChI is InChI=1S/C15H20N4O/c1-2-9-19-14(20)12-5-3-4-6-13(12)17-15(19)18-10-7-16-8-11-18/h3-6,16H,2,7-11H2,1H3. The molecule has 1 aliphatic heterocycles. The van der Waals surface area contributed by atoms with Gasteiger partial charge in [0.2, 0.25) is 5.95 Å². The van der Waals surface area contributed by atoms with Crippen molar-refractivity contribution in [3.05, 3.63) is 34.6 Å². The van der Waals surface area contributed by atoms with Crippen LogP contribution >= 0.6 is 0 Å². The third-order valence-electron chi connectivity index (χ3n) is 3.69. The molecule has 20 heavy (non-hydrogen) atoms. The van der Waals surface area contributed by atoms with Crippen LogP contribution in [-0.2, 0) is 6.54 Å². The van der Waals surface area contributed by atoms with Gasteiger partial charge in [-0.3, -0.25) is 9.36 Å². The Morgan fingerprint density at radius 2 is 2.00 bits per heavy atom. The number of para-hydroxylation sites is 1. The van der Waals surface area contributed by atoms with Crippen molar-refractivity contribution in [2.75, 3.05) is 31.1 Å². The van der Waals surface area contributed by atoms with Gasteiger partial charge < -0.3 is 10.2 Å². The average molecular weight is 272 g/mol. The Bertz CT molecular complexity index is 658. The van der Waals surface area contributed by atoms with Gasteiger partial charge in [0.15, 0.2) is 0 Å². The minimum atomic E-state index is 0.0750.